The van der Waals surface area contributed by atoms with Crippen LogP contribution in [0.3, 0.4) is 0 Å². The zero-order chi connectivity index (χ0) is 18.4. The molecule has 1 saturated heterocycles. The van der Waals surface area contributed by atoms with Gasteiger partial charge in [0.05, 0.1) is 18.8 Å². The summed E-state index contributed by atoms with van der Waals surface area (Å²) >= 11 is 0. The van der Waals surface area contributed by atoms with Crippen LogP contribution < -0.4 is 0 Å². The SMILES string of the molecule is CC(C)(C)ON(C=O)C(Cc1ccc(F)cc1)C(=O)N1CCOCC1. The Labute approximate surface area is 147 Å². The topological polar surface area (TPSA) is 59.1 Å². The van der Waals surface area contributed by atoms with Crippen molar-refractivity contribution in [2.24, 2.45) is 0 Å². The minimum absolute atomic E-state index is 0.205. The second-order valence-electron chi connectivity index (χ2n) is 6.95. The maximum absolute atomic E-state index is 13.1. The van der Waals surface area contributed by atoms with Gasteiger partial charge in [0.25, 0.3) is 0 Å². The van der Waals surface area contributed by atoms with E-state index in [1.54, 1.807) is 37.8 Å². The highest BCUT2D eigenvalue weighted by atomic mass is 19.1. The Hall–Kier alpha value is -1.99. The molecule has 6 nitrogen and oxygen atoms in total. The molecule has 1 aromatic rings. The molecule has 0 radical (unpaired) electrons. The van der Waals surface area contributed by atoms with E-state index < -0.39 is 11.6 Å². The molecule has 7 heteroatoms. The van der Waals surface area contributed by atoms with Crippen LogP contribution in [0.5, 0.6) is 0 Å². The van der Waals surface area contributed by atoms with E-state index in [0.717, 1.165) is 10.6 Å². The lowest BCUT2D eigenvalue weighted by Gasteiger charge is -2.36. The monoisotopic (exact) mass is 352 g/mol. The first-order valence-electron chi connectivity index (χ1n) is 8.34. The summed E-state index contributed by atoms with van der Waals surface area (Å²) in [5.74, 6) is -0.554. The predicted molar refractivity (Wildman–Crippen MR) is 90.0 cm³/mol. The van der Waals surface area contributed by atoms with Gasteiger partial charge in [-0.1, -0.05) is 12.1 Å². The molecule has 2 rings (SSSR count). The van der Waals surface area contributed by atoms with Crippen LogP contribution in [0.15, 0.2) is 24.3 Å². The van der Waals surface area contributed by atoms with Gasteiger partial charge in [-0.05, 0) is 38.5 Å². The summed E-state index contributed by atoms with van der Waals surface area (Å²) in [5, 5.41) is 1.07. The number of rotatable bonds is 6. The van der Waals surface area contributed by atoms with Crippen LogP contribution >= 0.6 is 0 Å². The van der Waals surface area contributed by atoms with Gasteiger partial charge in [0.15, 0.2) is 0 Å². The zero-order valence-electron chi connectivity index (χ0n) is 14.9. The van der Waals surface area contributed by atoms with Crippen molar-refractivity contribution in [1.29, 1.82) is 0 Å². The summed E-state index contributed by atoms with van der Waals surface area (Å²) in [6.07, 6.45) is 0.767. The molecule has 0 aliphatic carbocycles. The number of carbonyl (C=O) groups excluding carboxylic acids is 2. The van der Waals surface area contributed by atoms with Gasteiger partial charge >= 0.3 is 0 Å². The number of hydrogen-bond acceptors (Lipinski definition) is 4. The molecular weight excluding hydrogens is 327 g/mol. The van der Waals surface area contributed by atoms with Crippen molar-refractivity contribution in [2.75, 3.05) is 26.3 Å². The highest BCUT2D eigenvalue weighted by molar-refractivity contribution is 5.84. The van der Waals surface area contributed by atoms with Gasteiger partial charge in [-0.3, -0.25) is 14.4 Å². The standard InChI is InChI=1S/C18H25FN2O4/c1-18(2,3)25-21(13-22)16(12-14-4-6-15(19)7-5-14)17(23)20-8-10-24-11-9-20/h4-7,13,16H,8-12H2,1-3H3. The number of benzene rings is 1. The lowest BCUT2D eigenvalue weighted by atomic mass is 10.0. The van der Waals surface area contributed by atoms with Crippen LogP contribution in [0.2, 0.25) is 0 Å². The number of nitrogens with zero attached hydrogens (tertiary/aromatic N) is 2. The fraction of sp³-hybridized carbons (Fsp3) is 0.556. The minimum atomic E-state index is -0.819. The Balaban J connectivity index is 2.23. The van der Waals surface area contributed by atoms with Crippen molar-refractivity contribution >= 4 is 12.3 Å². The first-order chi connectivity index (χ1) is 11.8. The van der Waals surface area contributed by atoms with E-state index in [1.807, 2.05) is 0 Å². The molecule has 1 aromatic carbocycles. The third-order valence-corrected chi connectivity index (χ3v) is 3.74. The highest BCUT2D eigenvalue weighted by Gasteiger charge is 2.33. The molecular formula is C18H25FN2O4. The maximum Gasteiger partial charge on any atom is 0.248 e. The Morgan fingerprint density at radius 3 is 2.44 bits per heavy atom. The second-order valence-corrected chi connectivity index (χ2v) is 6.95. The summed E-state index contributed by atoms with van der Waals surface area (Å²) in [6, 6.07) is 5.06. The molecule has 0 N–H and O–H groups in total. The fourth-order valence-corrected chi connectivity index (χ4v) is 2.60. The number of amides is 2. The van der Waals surface area contributed by atoms with Crippen LogP contribution in [0.4, 0.5) is 4.39 Å². The average Bonchev–Trinajstić information content (AvgIpc) is 2.59. The Morgan fingerprint density at radius 2 is 1.92 bits per heavy atom. The molecule has 1 aliphatic rings. The summed E-state index contributed by atoms with van der Waals surface area (Å²) < 4.78 is 18.4. The molecule has 1 unspecified atom stereocenters. The number of carbonyl (C=O) groups is 2. The third kappa shape index (κ3) is 5.79. The van der Waals surface area contributed by atoms with Gasteiger partial charge < -0.3 is 9.64 Å². The van der Waals surface area contributed by atoms with Crippen molar-refractivity contribution in [3.05, 3.63) is 35.6 Å². The van der Waals surface area contributed by atoms with Gasteiger partial charge in [0, 0.05) is 19.5 Å². The molecule has 1 heterocycles. The Bertz CT molecular complexity index is 580. The lowest BCUT2D eigenvalue weighted by Crippen LogP contribution is -2.53. The largest absolute Gasteiger partial charge is 0.378 e. The number of hydrogen-bond donors (Lipinski definition) is 0. The van der Waals surface area contributed by atoms with E-state index in [0.29, 0.717) is 32.7 Å². The first kappa shape index (κ1) is 19.3. The van der Waals surface area contributed by atoms with Crippen molar-refractivity contribution in [1.82, 2.24) is 9.96 Å². The van der Waals surface area contributed by atoms with E-state index in [-0.39, 0.29) is 18.1 Å². The van der Waals surface area contributed by atoms with Gasteiger partial charge in [-0.15, -0.1) is 0 Å². The van der Waals surface area contributed by atoms with E-state index in [2.05, 4.69) is 0 Å². The number of morpholine rings is 1. The lowest BCUT2D eigenvalue weighted by molar-refractivity contribution is -0.233. The molecule has 2 amide bonds. The van der Waals surface area contributed by atoms with Gasteiger partial charge in [-0.2, -0.15) is 0 Å². The second kappa shape index (κ2) is 8.40. The first-order valence-corrected chi connectivity index (χ1v) is 8.34. The van der Waals surface area contributed by atoms with Crippen molar-refractivity contribution in [3.63, 3.8) is 0 Å². The maximum atomic E-state index is 13.1. The van der Waals surface area contributed by atoms with E-state index in [1.165, 1.54) is 12.1 Å². The number of halogens is 1. The van der Waals surface area contributed by atoms with Crippen molar-refractivity contribution < 1.29 is 23.6 Å². The molecule has 0 saturated carbocycles. The van der Waals surface area contributed by atoms with Crippen molar-refractivity contribution in [3.8, 4) is 0 Å². The molecule has 1 fully saturated rings. The molecule has 1 atom stereocenters. The van der Waals surface area contributed by atoms with Crippen LogP contribution in [0.25, 0.3) is 0 Å². The third-order valence-electron chi connectivity index (χ3n) is 3.74. The average molecular weight is 352 g/mol. The zero-order valence-corrected chi connectivity index (χ0v) is 14.9. The normalized spacial score (nSPS) is 16.4. The van der Waals surface area contributed by atoms with Crippen LogP contribution in [-0.4, -0.2) is 60.2 Å². The van der Waals surface area contributed by atoms with Crippen LogP contribution in [0, 0.1) is 5.82 Å². The molecule has 138 valence electrons. The fourth-order valence-electron chi connectivity index (χ4n) is 2.60. The van der Waals surface area contributed by atoms with E-state index in [4.69, 9.17) is 9.57 Å². The molecule has 0 spiro atoms. The predicted octanol–water partition coefficient (Wildman–Crippen LogP) is 1.78. The Kier molecular flexibility index (Phi) is 6.50. The smallest absolute Gasteiger partial charge is 0.248 e. The van der Waals surface area contributed by atoms with E-state index in [9.17, 15) is 14.0 Å². The van der Waals surface area contributed by atoms with Crippen LogP contribution in [-0.2, 0) is 25.6 Å². The van der Waals surface area contributed by atoms with E-state index >= 15 is 0 Å². The molecule has 0 aromatic heterocycles. The molecule has 1 aliphatic heterocycles. The van der Waals surface area contributed by atoms with Crippen LogP contribution in [0.1, 0.15) is 26.3 Å². The highest BCUT2D eigenvalue weighted by Crippen LogP contribution is 2.18. The number of hydroxylamine groups is 2. The summed E-state index contributed by atoms with van der Waals surface area (Å²) in [4.78, 5) is 31.9. The van der Waals surface area contributed by atoms with Gasteiger partial charge in [0.2, 0.25) is 12.3 Å². The van der Waals surface area contributed by atoms with Gasteiger partial charge in [-0.25, -0.2) is 9.45 Å². The summed E-state index contributed by atoms with van der Waals surface area (Å²) in [5.41, 5.74) is 0.116. The summed E-state index contributed by atoms with van der Waals surface area (Å²) in [6.45, 7) is 7.29. The quantitative estimate of drug-likeness (QED) is 0.578. The Morgan fingerprint density at radius 1 is 1.32 bits per heavy atom. The summed E-state index contributed by atoms with van der Waals surface area (Å²) in [7, 11) is 0. The van der Waals surface area contributed by atoms with Gasteiger partial charge in [0.1, 0.15) is 11.9 Å². The molecule has 25 heavy (non-hydrogen) atoms. The minimum Gasteiger partial charge on any atom is -0.378 e. The van der Waals surface area contributed by atoms with Crippen molar-refractivity contribution in [2.45, 2.75) is 38.8 Å². The molecule has 0 bridgehead atoms. The number of ether oxygens (including phenoxy) is 1.